The van der Waals surface area contributed by atoms with Crippen molar-refractivity contribution < 1.29 is 4.42 Å². The van der Waals surface area contributed by atoms with Gasteiger partial charge in [-0.3, -0.25) is 0 Å². The summed E-state index contributed by atoms with van der Waals surface area (Å²) in [6, 6.07) is 7.81. The molecule has 96 valence electrons. The Morgan fingerprint density at radius 1 is 1.39 bits per heavy atom. The minimum atomic E-state index is 0.437. The highest BCUT2D eigenvalue weighted by molar-refractivity contribution is 6.30. The molecule has 5 heteroatoms. The van der Waals surface area contributed by atoms with E-state index in [0.717, 1.165) is 12.0 Å². The van der Waals surface area contributed by atoms with Crippen LogP contribution >= 0.6 is 11.6 Å². The van der Waals surface area contributed by atoms with Crippen LogP contribution in [0.4, 0.5) is 0 Å². The molecule has 0 spiro atoms. The van der Waals surface area contributed by atoms with Crippen molar-refractivity contribution >= 4 is 11.6 Å². The van der Waals surface area contributed by atoms with Gasteiger partial charge in [0, 0.05) is 16.6 Å². The van der Waals surface area contributed by atoms with Gasteiger partial charge in [0.25, 0.3) is 0 Å². The SMILES string of the molecule is CCC(C)NCc1nnc(-c2cccc(Cl)c2)o1. The van der Waals surface area contributed by atoms with Crippen molar-refractivity contribution in [2.75, 3.05) is 0 Å². The highest BCUT2D eigenvalue weighted by atomic mass is 35.5. The Morgan fingerprint density at radius 3 is 2.94 bits per heavy atom. The lowest BCUT2D eigenvalue weighted by Gasteiger charge is -2.07. The number of aromatic nitrogens is 2. The summed E-state index contributed by atoms with van der Waals surface area (Å²) in [7, 11) is 0. The molecule has 18 heavy (non-hydrogen) atoms. The molecule has 0 aliphatic heterocycles. The molecule has 1 atom stereocenters. The van der Waals surface area contributed by atoms with Crippen molar-refractivity contribution in [1.82, 2.24) is 15.5 Å². The van der Waals surface area contributed by atoms with Crippen molar-refractivity contribution in [3.05, 3.63) is 35.2 Å². The summed E-state index contributed by atoms with van der Waals surface area (Å²) in [6.45, 7) is 4.83. The standard InChI is InChI=1S/C13H16ClN3O/c1-3-9(2)15-8-12-16-17-13(18-12)10-5-4-6-11(14)7-10/h4-7,9,15H,3,8H2,1-2H3. The normalized spacial score (nSPS) is 12.6. The second-order valence-corrected chi connectivity index (χ2v) is 4.64. The number of nitrogens with one attached hydrogen (secondary N) is 1. The van der Waals surface area contributed by atoms with Crippen LogP contribution in [0.1, 0.15) is 26.2 Å². The first kappa shape index (κ1) is 13.1. The Kier molecular flexibility index (Phi) is 4.33. The Balaban J connectivity index is 2.06. The fourth-order valence-corrected chi connectivity index (χ4v) is 1.66. The van der Waals surface area contributed by atoms with Crippen molar-refractivity contribution in [3.8, 4) is 11.5 Å². The molecule has 4 nitrogen and oxygen atoms in total. The van der Waals surface area contributed by atoms with E-state index in [0.29, 0.717) is 29.4 Å². The fourth-order valence-electron chi connectivity index (χ4n) is 1.47. The summed E-state index contributed by atoms with van der Waals surface area (Å²) in [4.78, 5) is 0. The minimum Gasteiger partial charge on any atom is -0.419 e. The Morgan fingerprint density at radius 2 is 2.22 bits per heavy atom. The van der Waals surface area contributed by atoms with E-state index in [9.17, 15) is 0 Å². The van der Waals surface area contributed by atoms with Gasteiger partial charge in [0.1, 0.15) is 0 Å². The molecule has 1 unspecified atom stereocenters. The maximum absolute atomic E-state index is 5.92. The summed E-state index contributed by atoms with van der Waals surface area (Å²) in [5.41, 5.74) is 0.838. The summed E-state index contributed by atoms with van der Waals surface area (Å²) >= 11 is 5.92. The van der Waals surface area contributed by atoms with E-state index in [1.165, 1.54) is 0 Å². The zero-order chi connectivity index (χ0) is 13.0. The number of benzene rings is 1. The molecule has 1 heterocycles. The van der Waals surface area contributed by atoms with Crippen molar-refractivity contribution in [2.45, 2.75) is 32.9 Å². The summed E-state index contributed by atoms with van der Waals surface area (Å²) in [5.74, 6) is 1.09. The molecule has 0 amide bonds. The van der Waals surface area contributed by atoms with Crippen molar-refractivity contribution in [1.29, 1.82) is 0 Å². The van der Waals surface area contributed by atoms with Gasteiger partial charge in [0.2, 0.25) is 11.8 Å². The van der Waals surface area contributed by atoms with E-state index in [4.69, 9.17) is 16.0 Å². The average molecular weight is 266 g/mol. The first-order valence-corrected chi connectivity index (χ1v) is 6.38. The van der Waals surface area contributed by atoms with E-state index < -0.39 is 0 Å². The summed E-state index contributed by atoms with van der Waals surface area (Å²) in [5, 5.41) is 12.0. The minimum absolute atomic E-state index is 0.437. The Labute approximate surface area is 111 Å². The lowest BCUT2D eigenvalue weighted by atomic mass is 10.2. The first-order chi connectivity index (χ1) is 8.69. The fraction of sp³-hybridized carbons (Fsp3) is 0.385. The van der Waals surface area contributed by atoms with Crippen molar-refractivity contribution in [3.63, 3.8) is 0 Å². The molecule has 2 aromatic rings. The molecule has 2 rings (SSSR count). The summed E-state index contributed by atoms with van der Waals surface area (Å²) in [6.07, 6.45) is 1.06. The predicted molar refractivity (Wildman–Crippen MR) is 71.3 cm³/mol. The number of rotatable bonds is 5. The third kappa shape index (κ3) is 3.31. The molecular formula is C13H16ClN3O. The maximum atomic E-state index is 5.92. The highest BCUT2D eigenvalue weighted by Crippen LogP contribution is 2.21. The number of halogens is 1. The highest BCUT2D eigenvalue weighted by Gasteiger charge is 2.09. The Bertz CT molecular complexity index is 512. The van der Waals surface area contributed by atoms with Gasteiger partial charge in [-0.2, -0.15) is 0 Å². The van der Waals surface area contributed by atoms with Gasteiger partial charge in [0.05, 0.1) is 6.54 Å². The van der Waals surface area contributed by atoms with Crippen LogP contribution in [0.5, 0.6) is 0 Å². The maximum Gasteiger partial charge on any atom is 0.247 e. The molecular weight excluding hydrogens is 250 g/mol. The Hall–Kier alpha value is -1.39. The van der Waals surface area contributed by atoms with E-state index in [1.807, 2.05) is 18.2 Å². The quantitative estimate of drug-likeness (QED) is 0.901. The van der Waals surface area contributed by atoms with Gasteiger partial charge in [-0.15, -0.1) is 10.2 Å². The molecule has 0 saturated carbocycles. The molecule has 0 saturated heterocycles. The second-order valence-electron chi connectivity index (χ2n) is 4.20. The van der Waals surface area contributed by atoms with Gasteiger partial charge in [-0.25, -0.2) is 0 Å². The second kappa shape index (κ2) is 5.98. The molecule has 1 aromatic carbocycles. The topological polar surface area (TPSA) is 51.0 Å². The van der Waals surface area contributed by atoms with E-state index in [1.54, 1.807) is 6.07 Å². The van der Waals surface area contributed by atoms with Gasteiger partial charge < -0.3 is 9.73 Å². The largest absolute Gasteiger partial charge is 0.419 e. The van der Waals surface area contributed by atoms with Crippen LogP contribution in [0.3, 0.4) is 0 Å². The first-order valence-electron chi connectivity index (χ1n) is 6.00. The third-order valence-corrected chi connectivity index (χ3v) is 2.99. The molecule has 0 fully saturated rings. The lowest BCUT2D eigenvalue weighted by molar-refractivity contribution is 0.444. The molecule has 0 aliphatic rings. The zero-order valence-corrected chi connectivity index (χ0v) is 11.2. The summed E-state index contributed by atoms with van der Waals surface area (Å²) < 4.78 is 5.58. The van der Waals surface area contributed by atoms with E-state index >= 15 is 0 Å². The molecule has 1 aromatic heterocycles. The van der Waals surface area contributed by atoms with Crippen LogP contribution in [0.15, 0.2) is 28.7 Å². The van der Waals surface area contributed by atoms with Crippen molar-refractivity contribution in [2.24, 2.45) is 0 Å². The molecule has 0 radical (unpaired) electrons. The monoisotopic (exact) mass is 265 g/mol. The zero-order valence-electron chi connectivity index (χ0n) is 10.5. The lowest BCUT2D eigenvalue weighted by Crippen LogP contribution is -2.24. The molecule has 1 N–H and O–H groups in total. The van der Waals surface area contributed by atoms with Gasteiger partial charge >= 0.3 is 0 Å². The van der Waals surface area contributed by atoms with Crippen LogP contribution < -0.4 is 5.32 Å². The third-order valence-electron chi connectivity index (χ3n) is 2.75. The molecule has 0 bridgehead atoms. The van der Waals surface area contributed by atoms with Crippen LogP contribution in [0.2, 0.25) is 5.02 Å². The van der Waals surface area contributed by atoms with Gasteiger partial charge in [-0.1, -0.05) is 24.6 Å². The number of hydrogen-bond acceptors (Lipinski definition) is 4. The predicted octanol–water partition coefficient (Wildman–Crippen LogP) is 3.28. The number of hydrogen-bond donors (Lipinski definition) is 1. The van der Waals surface area contributed by atoms with Crippen LogP contribution in [-0.2, 0) is 6.54 Å². The van der Waals surface area contributed by atoms with E-state index in [2.05, 4.69) is 29.4 Å². The van der Waals surface area contributed by atoms with E-state index in [-0.39, 0.29) is 0 Å². The van der Waals surface area contributed by atoms with Crippen LogP contribution in [-0.4, -0.2) is 16.2 Å². The van der Waals surface area contributed by atoms with Crippen LogP contribution in [0.25, 0.3) is 11.5 Å². The smallest absolute Gasteiger partial charge is 0.247 e. The average Bonchev–Trinajstić information content (AvgIpc) is 2.84. The number of nitrogens with zero attached hydrogens (tertiary/aromatic N) is 2. The van der Waals surface area contributed by atoms with Gasteiger partial charge in [-0.05, 0) is 31.5 Å². The molecule has 0 aliphatic carbocycles. The van der Waals surface area contributed by atoms with Gasteiger partial charge in [0.15, 0.2) is 0 Å². The van der Waals surface area contributed by atoms with Crippen LogP contribution in [0, 0.1) is 0 Å².